The molecule has 0 radical (unpaired) electrons. The molecule has 1 rings (SSSR count). The smallest absolute Gasteiger partial charge is 0.506 e. The van der Waals surface area contributed by atoms with Crippen LogP contribution in [0, 0.1) is 0 Å². The summed E-state index contributed by atoms with van der Waals surface area (Å²) in [5, 5.41) is 9.08. The molecule has 1 aromatic heterocycles. The highest BCUT2D eigenvalue weighted by atomic mass is 19.4. The first-order valence-electron chi connectivity index (χ1n) is 5.19. The molecule has 11 heteroatoms. The molecule has 0 aliphatic carbocycles. The number of carbonyl (C=O) groups excluding carboxylic acids is 1. The average Bonchev–Trinajstić information content (AvgIpc) is 2.25. The lowest BCUT2D eigenvalue weighted by Gasteiger charge is -2.15. The van der Waals surface area contributed by atoms with Crippen molar-refractivity contribution in [2.45, 2.75) is 19.5 Å². The van der Waals surface area contributed by atoms with E-state index in [1.807, 2.05) is 0 Å². The summed E-state index contributed by atoms with van der Waals surface area (Å²) < 4.78 is 81.6. The van der Waals surface area contributed by atoms with Gasteiger partial charge in [-0.05, 0) is 6.92 Å². The number of aromatic nitrogens is 1. The molecule has 0 amide bonds. The summed E-state index contributed by atoms with van der Waals surface area (Å²) in [5.74, 6) is -4.57. The molecular formula is C10H7F6NO4. The molecule has 0 bridgehead atoms. The standard InChI is InChI=1S/C10H7F6NO4/c1-2-20-8(19)6-5(21-10(14,15)16)3-4(18)7(17-6)9(11,12)13/h3,18H,2H2,1H3. The molecule has 0 aliphatic heterocycles. The third-order valence-corrected chi connectivity index (χ3v) is 1.93. The lowest BCUT2D eigenvalue weighted by Crippen LogP contribution is -2.22. The summed E-state index contributed by atoms with van der Waals surface area (Å²) in [6.45, 7) is 0.974. The van der Waals surface area contributed by atoms with E-state index in [9.17, 15) is 31.1 Å². The van der Waals surface area contributed by atoms with Gasteiger partial charge in [0.15, 0.2) is 17.1 Å². The molecular weight excluding hydrogens is 312 g/mol. The Hall–Kier alpha value is -2.20. The highest BCUT2D eigenvalue weighted by Gasteiger charge is 2.40. The van der Waals surface area contributed by atoms with Crippen molar-refractivity contribution in [1.29, 1.82) is 0 Å². The molecule has 0 unspecified atom stereocenters. The second-order valence-electron chi connectivity index (χ2n) is 3.47. The normalized spacial score (nSPS) is 12.1. The predicted molar refractivity (Wildman–Crippen MR) is 53.5 cm³/mol. The van der Waals surface area contributed by atoms with Gasteiger partial charge in [0, 0.05) is 6.07 Å². The van der Waals surface area contributed by atoms with Gasteiger partial charge in [-0.3, -0.25) is 0 Å². The molecule has 118 valence electrons. The molecule has 1 N–H and O–H groups in total. The number of alkyl halides is 6. The minimum absolute atomic E-state index is 0.00440. The first kappa shape index (κ1) is 16.9. The van der Waals surface area contributed by atoms with Crippen molar-refractivity contribution in [1.82, 2.24) is 4.98 Å². The Balaban J connectivity index is 3.42. The molecule has 0 atom stereocenters. The Labute approximate surface area is 113 Å². The lowest BCUT2D eigenvalue weighted by atomic mass is 10.2. The van der Waals surface area contributed by atoms with Gasteiger partial charge in [0.1, 0.15) is 5.75 Å². The van der Waals surface area contributed by atoms with Crippen molar-refractivity contribution in [3.8, 4) is 11.5 Å². The molecule has 1 heterocycles. The molecule has 0 fully saturated rings. The van der Waals surface area contributed by atoms with Crippen LogP contribution < -0.4 is 4.74 Å². The van der Waals surface area contributed by atoms with E-state index < -0.39 is 41.4 Å². The van der Waals surface area contributed by atoms with E-state index in [0.29, 0.717) is 0 Å². The van der Waals surface area contributed by atoms with Crippen molar-refractivity contribution < 1.29 is 45.7 Å². The number of hydrogen-bond acceptors (Lipinski definition) is 5. The van der Waals surface area contributed by atoms with Crippen LogP contribution in [0.5, 0.6) is 11.5 Å². The van der Waals surface area contributed by atoms with Crippen molar-refractivity contribution in [2.75, 3.05) is 6.61 Å². The van der Waals surface area contributed by atoms with Gasteiger partial charge in [-0.15, -0.1) is 13.2 Å². The van der Waals surface area contributed by atoms with Crippen LogP contribution in [0.15, 0.2) is 6.07 Å². The van der Waals surface area contributed by atoms with Crippen LogP contribution in [0.3, 0.4) is 0 Å². The largest absolute Gasteiger partial charge is 0.573 e. The zero-order valence-corrected chi connectivity index (χ0v) is 10.2. The van der Waals surface area contributed by atoms with E-state index in [1.165, 1.54) is 6.92 Å². The summed E-state index contributed by atoms with van der Waals surface area (Å²) in [5.41, 5.74) is -3.28. The zero-order valence-electron chi connectivity index (χ0n) is 10.2. The quantitative estimate of drug-likeness (QED) is 0.685. The number of carbonyl (C=O) groups is 1. The third-order valence-electron chi connectivity index (χ3n) is 1.93. The van der Waals surface area contributed by atoms with Gasteiger partial charge in [-0.25, -0.2) is 9.78 Å². The molecule has 0 aliphatic rings. The SMILES string of the molecule is CCOC(=O)c1nc(C(F)(F)F)c(O)cc1OC(F)(F)F. The van der Waals surface area contributed by atoms with Gasteiger partial charge in [0.05, 0.1) is 6.61 Å². The van der Waals surface area contributed by atoms with Crippen LogP contribution in [-0.4, -0.2) is 29.0 Å². The summed E-state index contributed by atoms with van der Waals surface area (Å²) in [6, 6.07) is -0.00440. The van der Waals surface area contributed by atoms with Crippen LogP contribution in [-0.2, 0) is 10.9 Å². The molecule has 21 heavy (non-hydrogen) atoms. The van der Waals surface area contributed by atoms with Crippen LogP contribution in [0.25, 0.3) is 0 Å². The zero-order chi connectivity index (χ0) is 16.4. The fourth-order valence-corrected chi connectivity index (χ4v) is 1.24. The monoisotopic (exact) mass is 319 g/mol. The number of nitrogens with zero attached hydrogens (tertiary/aromatic N) is 1. The van der Waals surface area contributed by atoms with Crippen molar-refractivity contribution in [3.05, 3.63) is 17.5 Å². The molecule has 1 aromatic rings. The second kappa shape index (κ2) is 5.66. The summed E-state index contributed by atoms with van der Waals surface area (Å²) in [7, 11) is 0. The number of rotatable bonds is 3. The number of halogens is 6. The van der Waals surface area contributed by atoms with E-state index in [2.05, 4.69) is 14.5 Å². The maximum Gasteiger partial charge on any atom is 0.573 e. The maximum absolute atomic E-state index is 12.5. The Morgan fingerprint density at radius 1 is 1.29 bits per heavy atom. The summed E-state index contributed by atoms with van der Waals surface area (Å²) in [4.78, 5) is 14.0. The molecule has 0 saturated carbocycles. The minimum Gasteiger partial charge on any atom is -0.506 e. The van der Waals surface area contributed by atoms with Crippen LogP contribution in [0.4, 0.5) is 26.3 Å². The fourth-order valence-electron chi connectivity index (χ4n) is 1.24. The highest BCUT2D eigenvalue weighted by molar-refractivity contribution is 5.90. The Bertz CT molecular complexity index is 540. The molecule has 0 aromatic carbocycles. The Morgan fingerprint density at radius 3 is 2.29 bits per heavy atom. The highest BCUT2D eigenvalue weighted by Crippen LogP contribution is 2.38. The van der Waals surface area contributed by atoms with E-state index in [0.717, 1.165) is 0 Å². The van der Waals surface area contributed by atoms with E-state index in [1.54, 1.807) is 0 Å². The van der Waals surface area contributed by atoms with Gasteiger partial charge in [0.25, 0.3) is 0 Å². The van der Waals surface area contributed by atoms with Gasteiger partial charge >= 0.3 is 18.5 Å². The fraction of sp³-hybridized carbons (Fsp3) is 0.400. The van der Waals surface area contributed by atoms with E-state index in [-0.39, 0.29) is 12.7 Å². The van der Waals surface area contributed by atoms with Crippen molar-refractivity contribution in [2.24, 2.45) is 0 Å². The maximum atomic E-state index is 12.5. The Kier molecular flexibility index (Phi) is 4.54. The van der Waals surface area contributed by atoms with E-state index in [4.69, 9.17) is 5.11 Å². The third kappa shape index (κ3) is 4.39. The van der Waals surface area contributed by atoms with Crippen molar-refractivity contribution in [3.63, 3.8) is 0 Å². The van der Waals surface area contributed by atoms with Gasteiger partial charge < -0.3 is 14.6 Å². The molecule has 0 spiro atoms. The van der Waals surface area contributed by atoms with Crippen molar-refractivity contribution >= 4 is 5.97 Å². The lowest BCUT2D eigenvalue weighted by molar-refractivity contribution is -0.274. The van der Waals surface area contributed by atoms with Gasteiger partial charge in [-0.2, -0.15) is 13.2 Å². The van der Waals surface area contributed by atoms with Gasteiger partial charge in [0.2, 0.25) is 0 Å². The number of pyridine rings is 1. The first-order valence-corrected chi connectivity index (χ1v) is 5.19. The topological polar surface area (TPSA) is 68.7 Å². The van der Waals surface area contributed by atoms with Crippen LogP contribution in [0.1, 0.15) is 23.1 Å². The second-order valence-corrected chi connectivity index (χ2v) is 3.47. The summed E-state index contributed by atoms with van der Waals surface area (Å²) >= 11 is 0. The average molecular weight is 319 g/mol. The Morgan fingerprint density at radius 2 is 1.86 bits per heavy atom. The summed E-state index contributed by atoms with van der Waals surface area (Å²) in [6.07, 6.45) is -10.5. The number of ether oxygens (including phenoxy) is 2. The molecule has 0 saturated heterocycles. The first-order chi connectivity index (χ1) is 9.45. The number of aromatic hydroxyl groups is 1. The minimum atomic E-state index is -5.30. The van der Waals surface area contributed by atoms with E-state index >= 15 is 0 Å². The predicted octanol–water partition coefficient (Wildman–Crippen LogP) is 2.88. The van der Waals surface area contributed by atoms with Crippen LogP contribution in [0.2, 0.25) is 0 Å². The van der Waals surface area contributed by atoms with Gasteiger partial charge in [-0.1, -0.05) is 0 Å². The van der Waals surface area contributed by atoms with Crippen LogP contribution >= 0.6 is 0 Å². The number of hydrogen-bond donors (Lipinski definition) is 1. The number of esters is 1. The molecule has 5 nitrogen and oxygen atoms in total.